The molecule has 2 aromatic carbocycles. The molecule has 2 N–H and O–H groups in total. The molecule has 0 radical (unpaired) electrons. The van der Waals surface area contributed by atoms with Gasteiger partial charge in [0.05, 0.1) is 16.8 Å². The average molecular weight is 437 g/mol. The van der Waals surface area contributed by atoms with Gasteiger partial charge < -0.3 is 10.6 Å². The van der Waals surface area contributed by atoms with Gasteiger partial charge in [-0.2, -0.15) is 10.4 Å². The number of hydrogen-bond acceptors (Lipinski definition) is 5. The summed E-state index contributed by atoms with van der Waals surface area (Å²) in [4.78, 5) is 17.3. The first-order valence-corrected chi connectivity index (χ1v) is 10.7. The molecule has 2 aromatic heterocycles. The van der Waals surface area contributed by atoms with Gasteiger partial charge in [0, 0.05) is 31.0 Å². The van der Waals surface area contributed by atoms with Crippen LogP contribution in [-0.4, -0.2) is 33.8 Å². The Kier molecular flexibility index (Phi) is 6.46. The normalized spacial score (nSPS) is 10.5. The second kappa shape index (κ2) is 9.79. The van der Waals surface area contributed by atoms with Crippen LogP contribution in [-0.2, 0) is 0 Å². The number of aromatic nitrogens is 3. The maximum atomic E-state index is 13.1. The number of amides is 1. The molecule has 4 rings (SSSR count). The van der Waals surface area contributed by atoms with Gasteiger partial charge in [0.1, 0.15) is 17.6 Å². The van der Waals surface area contributed by atoms with E-state index in [1.807, 2.05) is 49.4 Å². The number of carbonyl (C=O) groups excluding carboxylic acids is 1. The molecule has 1 amide bonds. The Morgan fingerprint density at radius 3 is 2.61 bits per heavy atom. The van der Waals surface area contributed by atoms with Crippen LogP contribution in [0.2, 0.25) is 0 Å². The van der Waals surface area contributed by atoms with E-state index in [0.29, 0.717) is 35.7 Å². The van der Waals surface area contributed by atoms with E-state index >= 15 is 0 Å². The first-order chi connectivity index (χ1) is 16.1. The van der Waals surface area contributed by atoms with Gasteiger partial charge in [0.2, 0.25) is 0 Å². The van der Waals surface area contributed by atoms with Crippen LogP contribution >= 0.6 is 0 Å². The van der Waals surface area contributed by atoms with Crippen molar-refractivity contribution in [2.75, 3.05) is 18.4 Å². The minimum absolute atomic E-state index is 0.214. The highest BCUT2D eigenvalue weighted by atomic mass is 16.1. The molecule has 0 fully saturated rings. The summed E-state index contributed by atoms with van der Waals surface area (Å²) in [5, 5.41) is 19.9. The molecule has 0 aliphatic rings. The summed E-state index contributed by atoms with van der Waals surface area (Å²) in [6.07, 6.45) is 3.38. The average Bonchev–Trinajstić information content (AvgIpc) is 3.30. The Bertz CT molecular complexity index is 1320. The van der Waals surface area contributed by atoms with Crippen LogP contribution in [0.3, 0.4) is 0 Å². The minimum atomic E-state index is -0.214. The number of nitrogens with zero attached hydrogens (tertiary/aromatic N) is 4. The van der Waals surface area contributed by atoms with Crippen LogP contribution in [0.5, 0.6) is 0 Å². The predicted octanol–water partition coefficient (Wildman–Crippen LogP) is 4.26. The van der Waals surface area contributed by atoms with Crippen molar-refractivity contribution in [2.45, 2.75) is 13.8 Å². The number of benzene rings is 2. The number of pyridine rings is 1. The van der Waals surface area contributed by atoms with Gasteiger partial charge in [-0.1, -0.05) is 30.3 Å². The molecule has 0 aliphatic heterocycles. The molecule has 0 spiro atoms. The first kappa shape index (κ1) is 21.8. The van der Waals surface area contributed by atoms with E-state index < -0.39 is 0 Å². The lowest BCUT2D eigenvalue weighted by Crippen LogP contribution is -2.29. The van der Waals surface area contributed by atoms with Crippen LogP contribution in [0.1, 0.15) is 27.0 Å². The molecular weight excluding hydrogens is 412 g/mol. The summed E-state index contributed by atoms with van der Waals surface area (Å²) in [6.45, 7) is 4.90. The van der Waals surface area contributed by atoms with E-state index in [9.17, 15) is 10.1 Å². The van der Waals surface area contributed by atoms with Crippen LogP contribution in [0.25, 0.3) is 16.9 Å². The fourth-order valence-electron chi connectivity index (χ4n) is 3.44. The maximum absolute atomic E-state index is 13.1. The second-order valence-electron chi connectivity index (χ2n) is 7.66. The molecule has 4 aromatic rings. The Morgan fingerprint density at radius 2 is 1.85 bits per heavy atom. The van der Waals surface area contributed by atoms with Gasteiger partial charge in [-0.3, -0.25) is 4.79 Å². The van der Waals surface area contributed by atoms with Gasteiger partial charge in [-0.25, -0.2) is 9.67 Å². The van der Waals surface area contributed by atoms with E-state index in [0.717, 1.165) is 16.8 Å². The van der Waals surface area contributed by atoms with Gasteiger partial charge in [0.25, 0.3) is 5.91 Å². The lowest BCUT2D eigenvalue weighted by atomic mass is 10.0. The molecule has 0 unspecified atom stereocenters. The molecule has 0 bridgehead atoms. The third kappa shape index (κ3) is 4.91. The number of carbonyl (C=O) groups is 1. The molecule has 164 valence electrons. The Morgan fingerprint density at radius 1 is 1.03 bits per heavy atom. The zero-order valence-electron chi connectivity index (χ0n) is 18.5. The Balaban J connectivity index is 1.55. The fraction of sp³-hybridized carbons (Fsp3) is 0.154. The molecule has 0 saturated carbocycles. The quantitative estimate of drug-likeness (QED) is 0.422. The van der Waals surface area contributed by atoms with Crippen LogP contribution in [0, 0.1) is 25.2 Å². The third-order valence-corrected chi connectivity index (χ3v) is 5.39. The van der Waals surface area contributed by atoms with Gasteiger partial charge in [-0.05, 0) is 55.3 Å². The Labute approximate surface area is 192 Å². The Hall–Kier alpha value is -4.44. The highest BCUT2D eigenvalue weighted by Gasteiger charge is 2.19. The van der Waals surface area contributed by atoms with Crippen molar-refractivity contribution in [1.82, 2.24) is 20.1 Å². The topological polar surface area (TPSA) is 95.6 Å². The highest BCUT2D eigenvalue weighted by Crippen LogP contribution is 2.26. The molecule has 33 heavy (non-hydrogen) atoms. The van der Waals surface area contributed by atoms with Crippen LogP contribution in [0.15, 0.2) is 73.1 Å². The summed E-state index contributed by atoms with van der Waals surface area (Å²) in [5.41, 5.74) is 5.68. The highest BCUT2D eigenvalue weighted by molar-refractivity contribution is 6.00. The monoisotopic (exact) mass is 436 g/mol. The van der Waals surface area contributed by atoms with E-state index in [4.69, 9.17) is 5.10 Å². The zero-order valence-corrected chi connectivity index (χ0v) is 18.5. The molecule has 0 saturated heterocycles. The molecule has 2 heterocycles. The van der Waals surface area contributed by atoms with Crippen LogP contribution in [0.4, 0.5) is 5.82 Å². The SMILES string of the molecule is Cc1ccc(-c2nn(-c3ccccc3)cc2C(=O)NCCNc2ncccc2C#N)cc1C. The lowest BCUT2D eigenvalue weighted by molar-refractivity contribution is 0.0956. The minimum Gasteiger partial charge on any atom is -0.367 e. The standard InChI is InChI=1S/C26H24N6O/c1-18-10-11-20(15-19(18)2)24-23(17-32(31-24)22-8-4-3-5-9-22)26(33)30-14-13-29-25-21(16-27)7-6-12-28-25/h3-12,15,17H,13-14H2,1-2H3,(H,28,29)(H,30,33). The summed E-state index contributed by atoms with van der Waals surface area (Å²) >= 11 is 0. The van der Waals surface area contributed by atoms with Crippen molar-refractivity contribution in [3.63, 3.8) is 0 Å². The van der Waals surface area contributed by atoms with Gasteiger partial charge >= 0.3 is 0 Å². The number of hydrogen-bond donors (Lipinski definition) is 2. The first-order valence-electron chi connectivity index (χ1n) is 10.7. The number of nitrogens with one attached hydrogen (secondary N) is 2. The van der Waals surface area contributed by atoms with E-state index in [2.05, 4.69) is 34.7 Å². The van der Waals surface area contributed by atoms with Crippen molar-refractivity contribution < 1.29 is 4.79 Å². The summed E-state index contributed by atoms with van der Waals surface area (Å²) < 4.78 is 1.73. The van der Waals surface area contributed by atoms with E-state index in [1.54, 1.807) is 29.2 Å². The molecular formula is C26H24N6O. The predicted molar refractivity (Wildman–Crippen MR) is 128 cm³/mol. The van der Waals surface area contributed by atoms with Gasteiger partial charge in [0.15, 0.2) is 0 Å². The summed E-state index contributed by atoms with van der Waals surface area (Å²) in [5.74, 6) is 0.288. The lowest BCUT2D eigenvalue weighted by Gasteiger charge is -2.09. The maximum Gasteiger partial charge on any atom is 0.255 e. The summed E-state index contributed by atoms with van der Waals surface area (Å²) in [7, 11) is 0. The van der Waals surface area contributed by atoms with Crippen molar-refractivity contribution in [1.29, 1.82) is 5.26 Å². The van der Waals surface area contributed by atoms with Crippen molar-refractivity contribution in [3.8, 4) is 23.0 Å². The second-order valence-corrected chi connectivity index (χ2v) is 7.66. The van der Waals surface area contributed by atoms with Crippen molar-refractivity contribution in [2.24, 2.45) is 0 Å². The number of nitriles is 1. The molecule has 7 heteroatoms. The zero-order chi connectivity index (χ0) is 23.2. The van der Waals surface area contributed by atoms with E-state index in [1.165, 1.54) is 5.56 Å². The van der Waals surface area contributed by atoms with E-state index in [-0.39, 0.29) is 5.91 Å². The van der Waals surface area contributed by atoms with Crippen molar-refractivity contribution in [3.05, 3.63) is 95.3 Å². The summed E-state index contributed by atoms with van der Waals surface area (Å²) in [6, 6.07) is 21.3. The number of anilines is 1. The molecule has 7 nitrogen and oxygen atoms in total. The largest absolute Gasteiger partial charge is 0.367 e. The number of rotatable bonds is 7. The van der Waals surface area contributed by atoms with Crippen LogP contribution < -0.4 is 10.6 Å². The fourth-order valence-corrected chi connectivity index (χ4v) is 3.44. The smallest absolute Gasteiger partial charge is 0.255 e. The third-order valence-electron chi connectivity index (χ3n) is 5.39. The van der Waals surface area contributed by atoms with Crippen molar-refractivity contribution >= 4 is 11.7 Å². The number of para-hydroxylation sites is 1. The number of aryl methyl sites for hydroxylation is 2. The molecule has 0 atom stereocenters. The molecule has 0 aliphatic carbocycles. The van der Waals surface area contributed by atoms with Gasteiger partial charge in [-0.15, -0.1) is 0 Å².